The van der Waals surface area contributed by atoms with Gasteiger partial charge < -0.3 is 10.6 Å². The molecule has 0 saturated heterocycles. The maximum Gasteiger partial charge on any atom is 0.240 e. The van der Waals surface area contributed by atoms with Crippen molar-refractivity contribution in [2.24, 2.45) is 0 Å². The number of benzene rings is 1. The first-order valence-corrected chi connectivity index (χ1v) is 6.81. The molecule has 0 saturated carbocycles. The van der Waals surface area contributed by atoms with Gasteiger partial charge in [-0.3, -0.25) is 9.69 Å². The number of amides is 1. The Morgan fingerprint density at radius 1 is 1.16 bits per heavy atom. The van der Waals surface area contributed by atoms with Crippen LogP contribution < -0.4 is 10.6 Å². The molecule has 106 valence electrons. The van der Waals surface area contributed by atoms with Gasteiger partial charge in [-0.15, -0.1) is 0 Å². The third-order valence-electron chi connectivity index (χ3n) is 3.60. The number of nitrogens with two attached hydrogens (primary N) is 1. The van der Waals surface area contributed by atoms with Crippen LogP contribution in [0.5, 0.6) is 0 Å². The summed E-state index contributed by atoms with van der Waals surface area (Å²) in [5, 5.41) is 0. The molecule has 1 aromatic carbocycles. The van der Waals surface area contributed by atoms with E-state index in [-0.39, 0.29) is 5.91 Å². The number of likely N-dealkylation sites (N-methyl/N-ethyl adjacent to an activating group) is 2. The maximum absolute atomic E-state index is 12.2. The lowest BCUT2D eigenvalue weighted by molar-refractivity contribution is -0.119. The van der Waals surface area contributed by atoms with E-state index in [4.69, 9.17) is 5.73 Å². The molecule has 4 heteroatoms. The second kappa shape index (κ2) is 7.14. The molecule has 0 aromatic heterocycles. The first-order chi connectivity index (χ1) is 8.99. The molecule has 1 rings (SSSR count). The molecule has 0 atom stereocenters. The topological polar surface area (TPSA) is 49.6 Å². The number of nitrogen functional groups attached to an aromatic ring is 1. The fourth-order valence-corrected chi connectivity index (χ4v) is 2.20. The lowest BCUT2D eigenvalue weighted by Crippen LogP contribution is -2.41. The van der Waals surface area contributed by atoms with Gasteiger partial charge in [0, 0.05) is 24.5 Å². The number of hydrogen-bond donors (Lipinski definition) is 1. The molecule has 0 aliphatic carbocycles. The Kier molecular flexibility index (Phi) is 5.83. The molecule has 19 heavy (non-hydrogen) atoms. The number of anilines is 2. The summed E-state index contributed by atoms with van der Waals surface area (Å²) in [6.07, 6.45) is 2.12. The van der Waals surface area contributed by atoms with E-state index in [0.717, 1.165) is 18.5 Å². The predicted octanol–water partition coefficient (Wildman–Crippen LogP) is 2.35. The van der Waals surface area contributed by atoms with Crippen molar-refractivity contribution in [1.82, 2.24) is 4.90 Å². The van der Waals surface area contributed by atoms with Crippen LogP contribution in [0.3, 0.4) is 0 Å². The van der Waals surface area contributed by atoms with Crippen molar-refractivity contribution in [3.8, 4) is 0 Å². The van der Waals surface area contributed by atoms with E-state index >= 15 is 0 Å². The third-order valence-corrected chi connectivity index (χ3v) is 3.60. The summed E-state index contributed by atoms with van der Waals surface area (Å²) in [6.45, 7) is 4.74. The maximum atomic E-state index is 12.2. The minimum atomic E-state index is 0.0965. The fraction of sp³-hybridized carbons (Fsp3) is 0.533. The summed E-state index contributed by atoms with van der Waals surface area (Å²) < 4.78 is 0. The average Bonchev–Trinajstić information content (AvgIpc) is 2.40. The second-order valence-corrected chi connectivity index (χ2v) is 4.93. The van der Waals surface area contributed by atoms with Crippen LogP contribution >= 0.6 is 0 Å². The van der Waals surface area contributed by atoms with Crippen LogP contribution in [0.4, 0.5) is 11.4 Å². The van der Waals surface area contributed by atoms with Crippen molar-refractivity contribution in [1.29, 1.82) is 0 Å². The number of carbonyl (C=O) groups is 1. The van der Waals surface area contributed by atoms with E-state index in [1.54, 1.807) is 11.9 Å². The molecule has 4 nitrogen and oxygen atoms in total. The van der Waals surface area contributed by atoms with Crippen LogP contribution in [-0.2, 0) is 4.79 Å². The second-order valence-electron chi connectivity index (χ2n) is 4.93. The number of hydrogen-bond acceptors (Lipinski definition) is 3. The van der Waals surface area contributed by atoms with E-state index in [1.165, 1.54) is 0 Å². The zero-order chi connectivity index (χ0) is 14.4. The predicted molar refractivity (Wildman–Crippen MR) is 81.3 cm³/mol. The molecule has 0 unspecified atom stereocenters. The number of nitrogens with zero attached hydrogens (tertiary/aromatic N) is 2. The van der Waals surface area contributed by atoms with Crippen molar-refractivity contribution < 1.29 is 4.79 Å². The van der Waals surface area contributed by atoms with Crippen LogP contribution in [0.1, 0.15) is 26.7 Å². The molecule has 0 bridgehead atoms. The van der Waals surface area contributed by atoms with Gasteiger partial charge in [0.15, 0.2) is 0 Å². The first-order valence-electron chi connectivity index (χ1n) is 6.81. The van der Waals surface area contributed by atoms with E-state index < -0.39 is 0 Å². The highest BCUT2D eigenvalue weighted by Gasteiger charge is 2.17. The van der Waals surface area contributed by atoms with Crippen LogP contribution in [-0.4, -0.2) is 37.5 Å². The minimum absolute atomic E-state index is 0.0965. The van der Waals surface area contributed by atoms with Crippen molar-refractivity contribution in [2.45, 2.75) is 32.7 Å². The largest absolute Gasteiger partial charge is 0.399 e. The van der Waals surface area contributed by atoms with Gasteiger partial charge in [-0.05, 0) is 44.2 Å². The highest BCUT2D eigenvalue weighted by atomic mass is 16.2. The normalized spacial score (nSPS) is 11.1. The van der Waals surface area contributed by atoms with Crippen LogP contribution in [0.2, 0.25) is 0 Å². The van der Waals surface area contributed by atoms with Gasteiger partial charge in [0.2, 0.25) is 5.91 Å². The van der Waals surface area contributed by atoms with E-state index in [2.05, 4.69) is 18.7 Å². The van der Waals surface area contributed by atoms with Gasteiger partial charge in [0.05, 0.1) is 6.54 Å². The van der Waals surface area contributed by atoms with Gasteiger partial charge in [-0.2, -0.15) is 0 Å². The Hall–Kier alpha value is -1.55. The minimum Gasteiger partial charge on any atom is -0.399 e. The van der Waals surface area contributed by atoms with Crippen molar-refractivity contribution in [3.63, 3.8) is 0 Å². The van der Waals surface area contributed by atoms with Crippen molar-refractivity contribution >= 4 is 17.3 Å². The Balaban J connectivity index is 2.64. The Morgan fingerprint density at radius 3 is 2.16 bits per heavy atom. The zero-order valence-electron chi connectivity index (χ0n) is 12.4. The highest BCUT2D eigenvalue weighted by molar-refractivity contribution is 5.94. The molecular weight excluding hydrogens is 238 g/mol. The quantitative estimate of drug-likeness (QED) is 0.802. The summed E-state index contributed by atoms with van der Waals surface area (Å²) in [7, 11) is 3.81. The van der Waals surface area contributed by atoms with Crippen LogP contribution in [0, 0.1) is 0 Å². The molecule has 2 N–H and O–H groups in total. The fourth-order valence-electron chi connectivity index (χ4n) is 2.20. The average molecular weight is 263 g/mol. The lowest BCUT2D eigenvalue weighted by Gasteiger charge is -2.27. The molecule has 0 aliphatic heterocycles. The van der Waals surface area contributed by atoms with Gasteiger partial charge in [0.25, 0.3) is 0 Å². The molecule has 0 radical (unpaired) electrons. The van der Waals surface area contributed by atoms with Gasteiger partial charge >= 0.3 is 0 Å². The lowest BCUT2D eigenvalue weighted by atomic mass is 10.1. The molecule has 0 spiro atoms. The van der Waals surface area contributed by atoms with Crippen molar-refractivity contribution in [2.75, 3.05) is 31.3 Å². The molecule has 0 fully saturated rings. The van der Waals surface area contributed by atoms with Crippen LogP contribution in [0.25, 0.3) is 0 Å². The number of carbonyl (C=O) groups excluding carboxylic acids is 1. The summed E-state index contributed by atoms with van der Waals surface area (Å²) in [5.41, 5.74) is 7.23. The summed E-state index contributed by atoms with van der Waals surface area (Å²) in [6, 6.07) is 7.81. The monoisotopic (exact) mass is 263 g/mol. The van der Waals surface area contributed by atoms with Crippen LogP contribution in [0.15, 0.2) is 24.3 Å². The smallest absolute Gasteiger partial charge is 0.240 e. The molecule has 0 heterocycles. The van der Waals surface area contributed by atoms with E-state index in [9.17, 15) is 4.79 Å². The summed E-state index contributed by atoms with van der Waals surface area (Å²) >= 11 is 0. The Morgan fingerprint density at radius 2 is 1.68 bits per heavy atom. The highest BCUT2D eigenvalue weighted by Crippen LogP contribution is 2.15. The van der Waals surface area contributed by atoms with Gasteiger partial charge in [-0.1, -0.05) is 13.8 Å². The van der Waals surface area contributed by atoms with Crippen molar-refractivity contribution in [3.05, 3.63) is 24.3 Å². The zero-order valence-corrected chi connectivity index (χ0v) is 12.4. The van der Waals surface area contributed by atoms with Gasteiger partial charge in [0.1, 0.15) is 0 Å². The summed E-state index contributed by atoms with van der Waals surface area (Å²) in [5.74, 6) is 0.0965. The molecular formula is C15H25N3O. The molecule has 1 aromatic rings. The Labute approximate surface area is 116 Å². The standard InChI is InChI=1S/C15H25N3O/c1-5-13(6-2)17(3)11-15(19)18(4)14-9-7-12(16)8-10-14/h7-10,13H,5-6,11,16H2,1-4H3. The van der Waals surface area contributed by atoms with E-state index in [1.807, 2.05) is 31.3 Å². The van der Waals surface area contributed by atoms with Gasteiger partial charge in [-0.25, -0.2) is 0 Å². The Bertz CT molecular complexity index is 398. The van der Waals surface area contributed by atoms with E-state index in [0.29, 0.717) is 18.3 Å². The SMILES string of the molecule is CCC(CC)N(C)CC(=O)N(C)c1ccc(N)cc1. The first kappa shape index (κ1) is 15.5. The molecule has 1 amide bonds. The third kappa shape index (κ3) is 4.24. The number of rotatable bonds is 6. The summed E-state index contributed by atoms with van der Waals surface area (Å²) in [4.78, 5) is 16.0. The molecule has 0 aliphatic rings.